The van der Waals surface area contributed by atoms with Crippen LogP contribution in [0.5, 0.6) is 0 Å². The van der Waals surface area contributed by atoms with Crippen LogP contribution in [0.4, 0.5) is 0 Å². The molecule has 0 atom stereocenters. The SMILES string of the molecule is CCNC(=NCCC(=O)N(C)Cc1ccccc1)NC1CCCC1. The van der Waals surface area contributed by atoms with Gasteiger partial charge in [0.1, 0.15) is 0 Å². The van der Waals surface area contributed by atoms with E-state index in [1.807, 2.05) is 37.4 Å². The Morgan fingerprint density at radius 3 is 2.62 bits per heavy atom. The summed E-state index contributed by atoms with van der Waals surface area (Å²) < 4.78 is 0. The van der Waals surface area contributed by atoms with Crippen molar-refractivity contribution in [2.24, 2.45) is 4.99 Å². The van der Waals surface area contributed by atoms with Crippen LogP contribution >= 0.6 is 0 Å². The average molecular weight is 330 g/mol. The van der Waals surface area contributed by atoms with E-state index in [-0.39, 0.29) is 5.91 Å². The fraction of sp³-hybridized carbons (Fsp3) is 0.579. The van der Waals surface area contributed by atoms with Gasteiger partial charge in [-0.2, -0.15) is 0 Å². The Hall–Kier alpha value is -2.04. The van der Waals surface area contributed by atoms with Crippen molar-refractivity contribution in [3.8, 4) is 0 Å². The molecule has 0 aliphatic heterocycles. The number of benzene rings is 1. The van der Waals surface area contributed by atoms with Crippen molar-refractivity contribution in [1.29, 1.82) is 0 Å². The third kappa shape index (κ3) is 6.22. The van der Waals surface area contributed by atoms with Crippen molar-refractivity contribution in [2.75, 3.05) is 20.1 Å². The molecular weight excluding hydrogens is 300 g/mol. The number of hydrogen-bond donors (Lipinski definition) is 2. The zero-order chi connectivity index (χ0) is 17.2. The molecule has 5 heteroatoms. The van der Waals surface area contributed by atoms with Gasteiger partial charge >= 0.3 is 0 Å². The highest BCUT2D eigenvalue weighted by molar-refractivity contribution is 5.81. The Morgan fingerprint density at radius 2 is 1.96 bits per heavy atom. The van der Waals surface area contributed by atoms with Gasteiger partial charge in [-0.25, -0.2) is 0 Å². The largest absolute Gasteiger partial charge is 0.357 e. The van der Waals surface area contributed by atoms with E-state index in [4.69, 9.17) is 0 Å². The molecule has 0 spiro atoms. The predicted octanol–water partition coefficient (Wildman–Crippen LogP) is 2.53. The summed E-state index contributed by atoms with van der Waals surface area (Å²) in [5, 5.41) is 6.74. The summed E-state index contributed by atoms with van der Waals surface area (Å²) in [6.07, 6.45) is 5.44. The van der Waals surface area contributed by atoms with E-state index < -0.39 is 0 Å². The van der Waals surface area contributed by atoms with E-state index in [1.165, 1.54) is 25.7 Å². The first-order valence-corrected chi connectivity index (χ1v) is 9.01. The molecule has 1 aliphatic rings. The van der Waals surface area contributed by atoms with E-state index >= 15 is 0 Å². The predicted molar refractivity (Wildman–Crippen MR) is 98.9 cm³/mol. The minimum absolute atomic E-state index is 0.124. The number of aliphatic imine (C=N–C) groups is 1. The maximum atomic E-state index is 12.2. The zero-order valence-corrected chi connectivity index (χ0v) is 14.9. The number of guanidine groups is 1. The molecule has 0 heterocycles. The number of amides is 1. The van der Waals surface area contributed by atoms with Crippen LogP contribution in [-0.2, 0) is 11.3 Å². The third-order valence-corrected chi connectivity index (χ3v) is 4.32. The van der Waals surface area contributed by atoms with E-state index in [9.17, 15) is 4.79 Å². The molecule has 132 valence electrons. The minimum atomic E-state index is 0.124. The summed E-state index contributed by atoms with van der Waals surface area (Å²) in [7, 11) is 1.85. The zero-order valence-electron chi connectivity index (χ0n) is 14.9. The lowest BCUT2D eigenvalue weighted by atomic mass is 10.2. The standard InChI is InChI=1S/C19H30N4O/c1-3-20-19(22-17-11-7-8-12-17)21-14-13-18(24)23(2)15-16-9-5-4-6-10-16/h4-6,9-10,17H,3,7-8,11-15H2,1-2H3,(H2,20,21,22). The quantitative estimate of drug-likeness (QED) is 0.597. The second kappa shape index (κ2) is 9.96. The van der Waals surface area contributed by atoms with Crippen LogP contribution in [0.3, 0.4) is 0 Å². The van der Waals surface area contributed by atoms with Crippen LogP contribution in [0.15, 0.2) is 35.3 Å². The Labute approximate surface area is 145 Å². The number of nitrogens with one attached hydrogen (secondary N) is 2. The minimum Gasteiger partial charge on any atom is -0.357 e. The monoisotopic (exact) mass is 330 g/mol. The highest BCUT2D eigenvalue weighted by Gasteiger charge is 2.16. The molecule has 1 saturated carbocycles. The second-order valence-electron chi connectivity index (χ2n) is 6.37. The van der Waals surface area contributed by atoms with Gasteiger partial charge in [-0.3, -0.25) is 9.79 Å². The molecule has 1 fully saturated rings. The summed E-state index contributed by atoms with van der Waals surface area (Å²) in [5.41, 5.74) is 1.15. The first-order valence-electron chi connectivity index (χ1n) is 9.01. The van der Waals surface area contributed by atoms with Gasteiger partial charge in [0.2, 0.25) is 5.91 Å². The van der Waals surface area contributed by atoms with Gasteiger partial charge < -0.3 is 15.5 Å². The molecule has 1 aromatic rings. The lowest BCUT2D eigenvalue weighted by molar-refractivity contribution is -0.130. The fourth-order valence-corrected chi connectivity index (χ4v) is 2.98. The van der Waals surface area contributed by atoms with Crippen LogP contribution in [0.2, 0.25) is 0 Å². The number of hydrogen-bond acceptors (Lipinski definition) is 2. The van der Waals surface area contributed by atoms with E-state index in [0.717, 1.165) is 18.1 Å². The van der Waals surface area contributed by atoms with Gasteiger partial charge in [0.05, 0.1) is 6.54 Å². The van der Waals surface area contributed by atoms with Crippen LogP contribution < -0.4 is 10.6 Å². The lowest BCUT2D eigenvalue weighted by Crippen LogP contribution is -2.42. The molecule has 1 aromatic carbocycles. The highest BCUT2D eigenvalue weighted by Crippen LogP contribution is 2.17. The Balaban J connectivity index is 1.77. The molecular formula is C19H30N4O. The Kier molecular flexibility index (Phi) is 7.59. The summed E-state index contributed by atoms with van der Waals surface area (Å²) >= 11 is 0. The molecule has 1 aliphatic carbocycles. The Bertz CT molecular complexity index is 523. The van der Waals surface area contributed by atoms with Gasteiger partial charge in [-0.15, -0.1) is 0 Å². The van der Waals surface area contributed by atoms with Gasteiger partial charge in [0, 0.05) is 32.6 Å². The van der Waals surface area contributed by atoms with Gasteiger partial charge in [-0.1, -0.05) is 43.2 Å². The summed E-state index contributed by atoms with van der Waals surface area (Å²) in [5.74, 6) is 0.960. The van der Waals surface area contributed by atoms with Gasteiger partial charge in [-0.05, 0) is 25.3 Å². The van der Waals surface area contributed by atoms with E-state index in [2.05, 4.69) is 22.5 Å². The molecule has 1 amide bonds. The Morgan fingerprint density at radius 1 is 1.25 bits per heavy atom. The normalized spacial score (nSPS) is 15.3. The van der Waals surface area contributed by atoms with Crippen molar-refractivity contribution in [3.63, 3.8) is 0 Å². The first-order chi connectivity index (χ1) is 11.7. The topological polar surface area (TPSA) is 56.7 Å². The average Bonchev–Trinajstić information content (AvgIpc) is 3.09. The smallest absolute Gasteiger partial charge is 0.224 e. The van der Waals surface area contributed by atoms with Crippen molar-refractivity contribution in [1.82, 2.24) is 15.5 Å². The van der Waals surface area contributed by atoms with Crippen molar-refractivity contribution in [2.45, 2.75) is 51.6 Å². The number of carbonyl (C=O) groups excluding carboxylic acids is 1. The highest BCUT2D eigenvalue weighted by atomic mass is 16.2. The maximum Gasteiger partial charge on any atom is 0.224 e. The molecule has 2 N–H and O–H groups in total. The molecule has 5 nitrogen and oxygen atoms in total. The van der Waals surface area contributed by atoms with Crippen LogP contribution in [0.25, 0.3) is 0 Å². The number of nitrogens with zero attached hydrogens (tertiary/aromatic N) is 2. The molecule has 0 bridgehead atoms. The summed E-state index contributed by atoms with van der Waals surface area (Å²) in [4.78, 5) is 18.6. The van der Waals surface area contributed by atoms with Crippen molar-refractivity contribution >= 4 is 11.9 Å². The third-order valence-electron chi connectivity index (χ3n) is 4.32. The molecule has 0 unspecified atom stereocenters. The molecule has 24 heavy (non-hydrogen) atoms. The summed E-state index contributed by atoms with van der Waals surface area (Å²) in [6, 6.07) is 10.6. The molecule has 0 saturated heterocycles. The number of carbonyl (C=O) groups is 1. The van der Waals surface area contributed by atoms with Crippen molar-refractivity contribution in [3.05, 3.63) is 35.9 Å². The molecule has 0 aromatic heterocycles. The van der Waals surface area contributed by atoms with E-state index in [1.54, 1.807) is 4.90 Å². The molecule has 2 rings (SSSR count). The second-order valence-corrected chi connectivity index (χ2v) is 6.37. The van der Waals surface area contributed by atoms with Crippen LogP contribution in [0, 0.1) is 0 Å². The van der Waals surface area contributed by atoms with Crippen molar-refractivity contribution < 1.29 is 4.79 Å². The maximum absolute atomic E-state index is 12.2. The first kappa shape index (κ1) is 18.3. The molecule has 0 radical (unpaired) electrons. The van der Waals surface area contributed by atoms with Crippen LogP contribution in [0.1, 0.15) is 44.6 Å². The van der Waals surface area contributed by atoms with Gasteiger partial charge in [0.25, 0.3) is 0 Å². The lowest BCUT2D eigenvalue weighted by Gasteiger charge is -2.18. The number of rotatable bonds is 7. The van der Waals surface area contributed by atoms with Gasteiger partial charge in [0.15, 0.2) is 5.96 Å². The van der Waals surface area contributed by atoms with Crippen LogP contribution in [-0.4, -0.2) is 42.9 Å². The van der Waals surface area contributed by atoms with E-state index in [0.29, 0.717) is 25.6 Å². The fourth-order valence-electron chi connectivity index (χ4n) is 2.98. The summed E-state index contributed by atoms with van der Waals surface area (Å²) in [6.45, 7) is 4.05.